The first kappa shape index (κ1) is 13.2. The lowest BCUT2D eigenvalue weighted by atomic mass is 10.1. The lowest BCUT2D eigenvalue weighted by Gasteiger charge is -2.05. The maximum absolute atomic E-state index is 13.1. The monoisotopic (exact) mass is 266 g/mol. The average Bonchev–Trinajstić information content (AvgIpc) is 2.34. The van der Waals surface area contributed by atoms with E-state index >= 15 is 0 Å². The van der Waals surface area contributed by atoms with Crippen LogP contribution in [0.25, 0.3) is 11.4 Å². The van der Waals surface area contributed by atoms with Crippen LogP contribution in [0.3, 0.4) is 0 Å². The van der Waals surface area contributed by atoms with Crippen LogP contribution in [0.5, 0.6) is 0 Å². The fourth-order valence-electron chi connectivity index (χ4n) is 1.64. The lowest BCUT2D eigenvalue weighted by molar-refractivity contribution is 0.101. The van der Waals surface area contributed by atoms with Crippen LogP contribution in [0.2, 0.25) is 0 Å². The number of rotatable bonds is 2. The summed E-state index contributed by atoms with van der Waals surface area (Å²) in [6, 6.07) is 1.61. The molecule has 0 atom stereocenters. The lowest BCUT2D eigenvalue weighted by Crippen LogP contribution is -2.03. The van der Waals surface area contributed by atoms with Crippen LogP contribution in [0.1, 0.15) is 23.0 Å². The molecule has 0 unspecified atom stereocenters. The Morgan fingerprint density at radius 1 is 1.16 bits per heavy atom. The number of nitrogens with zero attached hydrogens (tertiary/aromatic N) is 2. The third kappa shape index (κ3) is 2.47. The molecule has 0 spiro atoms. The molecule has 6 heteroatoms. The smallest absolute Gasteiger partial charge is 0.194 e. The molecule has 2 aromatic rings. The molecule has 0 radical (unpaired) electrons. The number of benzene rings is 1. The molecule has 0 aliphatic heterocycles. The molecule has 0 N–H and O–H groups in total. The Morgan fingerprint density at radius 3 is 2.21 bits per heavy atom. The van der Waals surface area contributed by atoms with Crippen molar-refractivity contribution < 1.29 is 18.0 Å². The van der Waals surface area contributed by atoms with E-state index in [1.165, 1.54) is 13.1 Å². The number of halogens is 3. The highest BCUT2D eigenvalue weighted by Crippen LogP contribution is 2.21. The van der Waals surface area contributed by atoms with Gasteiger partial charge in [0, 0.05) is 11.8 Å². The van der Waals surface area contributed by atoms with E-state index in [0.29, 0.717) is 11.3 Å². The second-order valence-electron chi connectivity index (χ2n) is 4.00. The van der Waals surface area contributed by atoms with E-state index in [4.69, 9.17) is 0 Å². The molecule has 1 aromatic heterocycles. The van der Waals surface area contributed by atoms with E-state index in [0.717, 1.165) is 12.1 Å². The van der Waals surface area contributed by atoms with Crippen molar-refractivity contribution >= 4 is 5.78 Å². The number of hydrogen-bond acceptors (Lipinski definition) is 3. The van der Waals surface area contributed by atoms with Gasteiger partial charge in [-0.05, 0) is 26.0 Å². The van der Waals surface area contributed by atoms with Gasteiger partial charge in [0.15, 0.2) is 29.1 Å². The predicted molar refractivity (Wildman–Crippen MR) is 62.1 cm³/mol. The Balaban J connectivity index is 2.54. The number of carbonyl (C=O) groups is 1. The van der Waals surface area contributed by atoms with Crippen LogP contribution in [0.15, 0.2) is 18.3 Å². The van der Waals surface area contributed by atoms with Crippen LogP contribution in [-0.2, 0) is 0 Å². The maximum atomic E-state index is 13.1. The van der Waals surface area contributed by atoms with Crippen molar-refractivity contribution in [2.75, 3.05) is 0 Å². The fraction of sp³-hybridized carbons (Fsp3) is 0.154. The Labute approximate surface area is 107 Å². The van der Waals surface area contributed by atoms with E-state index < -0.39 is 17.5 Å². The number of aryl methyl sites for hydroxylation is 1. The van der Waals surface area contributed by atoms with Crippen molar-refractivity contribution in [3.8, 4) is 11.4 Å². The van der Waals surface area contributed by atoms with Gasteiger partial charge in [-0.3, -0.25) is 4.79 Å². The second-order valence-corrected chi connectivity index (χ2v) is 4.00. The quantitative estimate of drug-likeness (QED) is 0.619. The van der Waals surface area contributed by atoms with Crippen LogP contribution in [-0.4, -0.2) is 15.8 Å². The van der Waals surface area contributed by atoms with Gasteiger partial charge in [0.25, 0.3) is 0 Å². The molecule has 98 valence electrons. The van der Waals surface area contributed by atoms with Crippen molar-refractivity contribution in [3.05, 3.63) is 47.0 Å². The largest absolute Gasteiger partial charge is 0.294 e. The predicted octanol–water partition coefficient (Wildman–Crippen LogP) is 3.07. The van der Waals surface area contributed by atoms with Gasteiger partial charge in [-0.2, -0.15) is 0 Å². The zero-order chi connectivity index (χ0) is 14.2. The standard InChI is InChI=1S/C13H9F3N2O/c1-6-9(7(2)19)5-17-13(18-6)8-3-10(14)12(16)11(15)4-8/h3-5H,1-2H3. The summed E-state index contributed by atoms with van der Waals surface area (Å²) in [5.41, 5.74) is 0.726. The molecule has 19 heavy (non-hydrogen) atoms. The van der Waals surface area contributed by atoms with Gasteiger partial charge in [-0.1, -0.05) is 0 Å². The Morgan fingerprint density at radius 2 is 1.74 bits per heavy atom. The summed E-state index contributed by atoms with van der Waals surface area (Å²) >= 11 is 0. The van der Waals surface area contributed by atoms with E-state index in [2.05, 4.69) is 9.97 Å². The van der Waals surface area contributed by atoms with Gasteiger partial charge < -0.3 is 0 Å². The molecule has 0 amide bonds. The Bertz CT molecular complexity index is 648. The summed E-state index contributed by atoms with van der Waals surface area (Å²) in [5.74, 6) is -4.35. The van der Waals surface area contributed by atoms with Gasteiger partial charge in [0.05, 0.1) is 11.3 Å². The summed E-state index contributed by atoms with van der Waals surface area (Å²) in [6.07, 6.45) is 1.28. The van der Waals surface area contributed by atoms with E-state index in [1.54, 1.807) is 6.92 Å². The van der Waals surface area contributed by atoms with Gasteiger partial charge >= 0.3 is 0 Å². The average molecular weight is 266 g/mol. The number of ketones is 1. The molecular weight excluding hydrogens is 257 g/mol. The highest BCUT2D eigenvalue weighted by Gasteiger charge is 2.14. The topological polar surface area (TPSA) is 42.9 Å². The number of carbonyl (C=O) groups excluding carboxylic acids is 1. The highest BCUT2D eigenvalue weighted by molar-refractivity contribution is 5.94. The van der Waals surface area contributed by atoms with Gasteiger partial charge in [0.1, 0.15) is 0 Å². The molecule has 0 bridgehead atoms. The first-order chi connectivity index (χ1) is 8.90. The summed E-state index contributed by atoms with van der Waals surface area (Å²) in [5, 5.41) is 0. The third-order valence-electron chi connectivity index (χ3n) is 2.60. The number of aromatic nitrogens is 2. The Hall–Kier alpha value is -2.24. The molecule has 0 saturated heterocycles. The molecule has 0 fully saturated rings. The maximum Gasteiger partial charge on any atom is 0.194 e. The van der Waals surface area contributed by atoms with Crippen LogP contribution < -0.4 is 0 Å². The normalized spacial score (nSPS) is 10.6. The summed E-state index contributed by atoms with van der Waals surface area (Å²) < 4.78 is 39.1. The van der Waals surface area contributed by atoms with Crippen molar-refractivity contribution in [3.63, 3.8) is 0 Å². The van der Waals surface area contributed by atoms with Crippen LogP contribution in [0.4, 0.5) is 13.2 Å². The SMILES string of the molecule is CC(=O)c1cnc(-c2cc(F)c(F)c(F)c2)nc1C. The fourth-order valence-corrected chi connectivity index (χ4v) is 1.64. The molecule has 0 aliphatic rings. The molecule has 0 saturated carbocycles. The molecular formula is C13H9F3N2O. The highest BCUT2D eigenvalue weighted by atomic mass is 19.2. The van der Waals surface area contributed by atoms with E-state index in [1.807, 2.05) is 0 Å². The number of Topliss-reactive ketones (excluding diaryl/α,β-unsaturated/α-hetero) is 1. The van der Waals surface area contributed by atoms with Gasteiger partial charge in [-0.25, -0.2) is 23.1 Å². The molecule has 2 rings (SSSR count). The number of hydrogen-bond donors (Lipinski definition) is 0. The molecule has 1 heterocycles. The minimum Gasteiger partial charge on any atom is -0.294 e. The molecule has 3 nitrogen and oxygen atoms in total. The minimum atomic E-state index is -1.54. The van der Waals surface area contributed by atoms with Crippen molar-refractivity contribution in [1.82, 2.24) is 9.97 Å². The van der Waals surface area contributed by atoms with Crippen molar-refractivity contribution in [2.45, 2.75) is 13.8 Å². The zero-order valence-electron chi connectivity index (χ0n) is 10.2. The summed E-state index contributed by atoms with van der Waals surface area (Å²) in [4.78, 5) is 19.1. The second kappa shape index (κ2) is 4.79. The molecule has 0 aliphatic carbocycles. The van der Waals surface area contributed by atoms with Gasteiger partial charge in [0.2, 0.25) is 0 Å². The third-order valence-corrected chi connectivity index (χ3v) is 2.60. The summed E-state index contributed by atoms with van der Waals surface area (Å²) in [6.45, 7) is 2.95. The van der Waals surface area contributed by atoms with Crippen LogP contribution >= 0.6 is 0 Å². The summed E-state index contributed by atoms with van der Waals surface area (Å²) in [7, 11) is 0. The van der Waals surface area contributed by atoms with E-state index in [-0.39, 0.29) is 17.2 Å². The minimum absolute atomic E-state index is 0.00889. The van der Waals surface area contributed by atoms with E-state index in [9.17, 15) is 18.0 Å². The first-order valence-electron chi connectivity index (χ1n) is 5.39. The first-order valence-corrected chi connectivity index (χ1v) is 5.39. The zero-order valence-corrected chi connectivity index (χ0v) is 10.2. The van der Waals surface area contributed by atoms with Crippen molar-refractivity contribution in [2.24, 2.45) is 0 Å². The van der Waals surface area contributed by atoms with Crippen molar-refractivity contribution in [1.29, 1.82) is 0 Å². The Kier molecular flexibility index (Phi) is 3.33. The molecule has 1 aromatic carbocycles. The van der Waals surface area contributed by atoms with Gasteiger partial charge in [-0.15, -0.1) is 0 Å². The van der Waals surface area contributed by atoms with Crippen LogP contribution in [0, 0.1) is 24.4 Å².